The molecule has 1 aromatic heterocycles. The summed E-state index contributed by atoms with van der Waals surface area (Å²) >= 11 is 1.54. The number of rotatable bonds is 3. The zero-order valence-corrected chi connectivity index (χ0v) is 14.4. The molecule has 4 rings (SSSR count). The van der Waals surface area contributed by atoms with Gasteiger partial charge in [0.25, 0.3) is 0 Å². The number of methoxy groups -OCH3 is 1. The number of ether oxygens (including phenoxy) is 1. The molecule has 0 aliphatic carbocycles. The number of halogens is 1. The Kier molecular flexibility index (Phi) is 4.01. The average Bonchev–Trinajstić information content (AvgIpc) is 3.05. The number of fused-ring (bicyclic) bond motifs is 1. The van der Waals surface area contributed by atoms with Crippen LogP contribution in [-0.2, 0) is 4.79 Å². The van der Waals surface area contributed by atoms with E-state index in [4.69, 9.17) is 4.74 Å². The molecule has 1 N–H and O–H groups in total. The largest absolute Gasteiger partial charge is 0.496 e. The molecule has 1 amide bonds. The SMILES string of the molecule is COc1ccccc1C1CC(=O)Nc2c(-c3ccccc3F)csc21. The van der Waals surface area contributed by atoms with Crippen LogP contribution in [0.25, 0.3) is 11.1 Å². The predicted octanol–water partition coefficient (Wildman–Crippen LogP) is 5.04. The molecule has 1 atom stereocenters. The van der Waals surface area contributed by atoms with Crippen molar-refractivity contribution < 1.29 is 13.9 Å². The highest BCUT2D eigenvalue weighted by molar-refractivity contribution is 7.11. The van der Waals surface area contributed by atoms with Gasteiger partial charge < -0.3 is 10.1 Å². The van der Waals surface area contributed by atoms with Gasteiger partial charge in [-0.1, -0.05) is 36.4 Å². The van der Waals surface area contributed by atoms with E-state index in [0.717, 1.165) is 21.8 Å². The highest BCUT2D eigenvalue weighted by Gasteiger charge is 2.32. The van der Waals surface area contributed by atoms with Gasteiger partial charge >= 0.3 is 0 Å². The number of para-hydroxylation sites is 1. The van der Waals surface area contributed by atoms with Gasteiger partial charge in [-0.15, -0.1) is 11.3 Å². The molecule has 0 radical (unpaired) electrons. The molecule has 2 heterocycles. The summed E-state index contributed by atoms with van der Waals surface area (Å²) in [6.07, 6.45) is 0.352. The van der Waals surface area contributed by atoms with Gasteiger partial charge in [0.05, 0.1) is 12.8 Å². The molecule has 126 valence electrons. The number of hydrogen-bond donors (Lipinski definition) is 1. The molecule has 0 saturated heterocycles. The van der Waals surface area contributed by atoms with Crippen LogP contribution >= 0.6 is 11.3 Å². The Hall–Kier alpha value is -2.66. The van der Waals surface area contributed by atoms with Crippen LogP contribution in [0.4, 0.5) is 10.1 Å². The summed E-state index contributed by atoms with van der Waals surface area (Å²) in [4.78, 5) is 13.4. The van der Waals surface area contributed by atoms with Gasteiger partial charge in [0.2, 0.25) is 5.91 Å². The van der Waals surface area contributed by atoms with Crippen LogP contribution in [0, 0.1) is 5.82 Å². The lowest BCUT2D eigenvalue weighted by Crippen LogP contribution is -2.22. The van der Waals surface area contributed by atoms with E-state index in [1.807, 2.05) is 29.6 Å². The third-order valence-corrected chi connectivity index (χ3v) is 5.56. The number of carbonyl (C=O) groups is 1. The third kappa shape index (κ3) is 2.70. The standard InChI is InChI=1S/C20H16FNO2S/c1-24-17-9-5-3-7-13(17)14-10-18(23)22-19-15(11-25-20(14)19)12-6-2-4-8-16(12)21/h2-9,11,14H,10H2,1H3,(H,22,23). The minimum absolute atomic E-state index is 0.0700. The van der Waals surface area contributed by atoms with Crippen LogP contribution < -0.4 is 10.1 Å². The van der Waals surface area contributed by atoms with E-state index in [9.17, 15) is 9.18 Å². The monoisotopic (exact) mass is 353 g/mol. The number of carbonyl (C=O) groups excluding carboxylic acids is 1. The molecule has 3 aromatic rings. The topological polar surface area (TPSA) is 38.3 Å². The molecule has 1 aliphatic rings. The van der Waals surface area contributed by atoms with Crippen molar-refractivity contribution >= 4 is 22.9 Å². The first-order valence-electron chi connectivity index (χ1n) is 7.98. The molecule has 0 fully saturated rings. The Balaban J connectivity index is 1.86. The Bertz CT molecular complexity index is 950. The van der Waals surface area contributed by atoms with E-state index < -0.39 is 0 Å². The average molecular weight is 353 g/mol. The first-order valence-corrected chi connectivity index (χ1v) is 8.86. The van der Waals surface area contributed by atoms with E-state index in [1.54, 1.807) is 36.6 Å². The lowest BCUT2D eigenvalue weighted by molar-refractivity contribution is -0.116. The van der Waals surface area contributed by atoms with Crippen LogP contribution in [0.5, 0.6) is 5.75 Å². The van der Waals surface area contributed by atoms with Crippen molar-refractivity contribution in [2.24, 2.45) is 0 Å². The Morgan fingerprint density at radius 1 is 1.12 bits per heavy atom. The fourth-order valence-corrected chi connectivity index (χ4v) is 4.45. The number of hydrogen-bond acceptors (Lipinski definition) is 3. The Morgan fingerprint density at radius 2 is 1.88 bits per heavy atom. The zero-order chi connectivity index (χ0) is 17.4. The Morgan fingerprint density at radius 3 is 2.68 bits per heavy atom. The highest BCUT2D eigenvalue weighted by atomic mass is 32.1. The van der Waals surface area contributed by atoms with Crippen LogP contribution in [0.15, 0.2) is 53.9 Å². The fraction of sp³-hybridized carbons (Fsp3) is 0.150. The number of anilines is 1. The summed E-state index contributed by atoms with van der Waals surface area (Å²) in [5, 5.41) is 4.85. The van der Waals surface area contributed by atoms with E-state index >= 15 is 0 Å². The zero-order valence-electron chi connectivity index (χ0n) is 13.6. The molecule has 2 aromatic carbocycles. The molecule has 0 saturated carbocycles. The van der Waals surface area contributed by atoms with Crippen molar-refractivity contribution in [2.45, 2.75) is 12.3 Å². The van der Waals surface area contributed by atoms with Gasteiger partial charge in [0.15, 0.2) is 0 Å². The Labute approximate surface area is 149 Å². The van der Waals surface area contributed by atoms with Crippen molar-refractivity contribution in [3.8, 4) is 16.9 Å². The van der Waals surface area contributed by atoms with Crippen LogP contribution in [0.2, 0.25) is 0 Å². The van der Waals surface area contributed by atoms with E-state index in [0.29, 0.717) is 17.7 Å². The summed E-state index contributed by atoms with van der Waals surface area (Å²) in [5.41, 5.74) is 2.91. The minimum atomic E-state index is -0.295. The van der Waals surface area contributed by atoms with Gasteiger partial charge in [-0.25, -0.2) is 4.39 Å². The molecule has 1 unspecified atom stereocenters. The van der Waals surface area contributed by atoms with Crippen molar-refractivity contribution in [3.05, 3.63) is 70.2 Å². The highest BCUT2D eigenvalue weighted by Crippen LogP contribution is 2.48. The first-order chi connectivity index (χ1) is 12.2. The maximum atomic E-state index is 14.2. The van der Waals surface area contributed by atoms with Gasteiger partial charge in [-0.3, -0.25) is 4.79 Å². The van der Waals surface area contributed by atoms with Crippen molar-refractivity contribution in [3.63, 3.8) is 0 Å². The molecular formula is C20H16FNO2S. The second-order valence-electron chi connectivity index (χ2n) is 5.92. The number of benzene rings is 2. The third-order valence-electron chi connectivity index (χ3n) is 4.47. The second-order valence-corrected chi connectivity index (χ2v) is 6.83. The summed E-state index contributed by atoms with van der Waals surface area (Å²) < 4.78 is 19.7. The van der Waals surface area contributed by atoms with E-state index in [2.05, 4.69) is 5.32 Å². The van der Waals surface area contributed by atoms with Gasteiger partial charge in [-0.2, -0.15) is 0 Å². The van der Waals surface area contributed by atoms with Crippen LogP contribution in [0.1, 0.15) is 22.8 Å². The van der Waals surface area contributed by atoms with E-state index in [-0.39, 0.29) is 17.6 Å². The molecule has 5 heteroatoms. The second kappa shape index (κ2) is 6.33. The number of thiophene rings is 1. The van der Waals surface area contributed by atoms with Crippen molar-refractivity contribution in [1.82, 2.24) is 0 Å². The molecule has 25 heavy (non-hydrogen) atoms. The predicted molar refractivity (Wildman–Crippen MR) is 97.8 cm³/mol. The fourth-order valence-electron chi connectivity index (χ4n) is 3.31. The number of nitrogens with one attached hydrogen (secondary N) is 1. The normalized spacial score (nSPS) is 16.2. The molecule has 0 spiro atoms. The summed E-state index contributed by atoms with van der Waals surface area (Å²) in [5.74, 6) is 0.301. The van der Waals surface area contributed by atoms with Crippen LogP contribution in [-0.4, -0.2) is 13.0 Å². The lowest BCUT2D eigenvalue weighted by atomic mass is 9.88. The number of amides is 1. The van der Waals surface area contributed by atoms with Gasteiger partial charge in [-0.05, 0) is 12.1 Å². The van der Waals surface area contributed by atoms with Crippen molar-refractivity contribution in [1.29, 1.82) is 0 Å². The quantitative estimate of drug-likeness (QED) is 0.717. The minimum Gasteiger partial charge on any atom is -0.496 e. The van der Waals surface area contributed by atoms with Gasteiger partial charge in [0.1, 0.15) is 11.6 Å². The summed E-state index contributed by atoms with van der Waals surface area (Å²) in [6.45, 7) is 0. The maximum absolute atomic E-state index is 14.2. The molecule has 0 bridgehead atoms. The van der Waals surface area contributed by atoms with Gasteiger partial charge in [0, 0.05) is 39.3 Å². The lowest BCUT2D eigenvalue weighted by Gasteiger charge is -2.25. The maximum Gasteiger partial charge on any atom is 0.225 e. The summed E-state index contributed by atoms with van der Waals surface area (Å²) in [7, 11) is 1.63. The molecule has 1 aliphatic heterocycles. The molecule has 3 nitrogen and oxygen atoms in total. The van der Waals surface area contributed by atoms with E-state index in [1.165, 1.54) is 6.07 Å². The smallest absolute Gasteiger partial charge is 0.225 e. The van der Waals surface area contributed by atoms with Crippen LogP contribution in [0.3, 0.4) is 0 Å². The summed E-state index contributed by atoms with van der Waals surface area (Å²) in [6, 6.07) is 14.3. The first kappa shape index (κ1) is 15.8. The molecular weight excluding hydrogens is 337 g/mol. The van der Waals surface area contributed by atoms with Crippen molar-refractivity contribution in [2.75, 3.05) is 12.4 Å².